The molecule has 4 rings (SSSR count). The maximum absolute atomic E-state index is 13.2. The normalized spacial score (nSPS) is 17.6. The van der Waals surface area contributed by atoms with E-state index in [0.717, 1.165) is 22.6 Å². The van der Waals surface area contributed by atoms with Crippen LogP contribution >= 0.6 is 11.3 Å². The zero-order chi connectivity index (χ0) is 22.2. The molecule has 1 fully saturated rings. The first-order chi connectivity index (χ1) is 14.8. The number of aromatic nitrogens is 2. The zero-order valence-corrected chi connectivity index (χ0v) is 19.2. The Morgan fingerprint density at radius 1 is 1.26 bits per heavy atom. The van der Waals surface area contributed by atoms with Crippen molar-refractivity contribution in [3.63, 3.8) is 0 Å². The van der Waals surface area contributed by atoms with Gasteiger partial charge in [-0.3, -0.25) is 4.79 Å². The topological polar surface area (TPSA) is 96.6 Å². The van der Waals surface area contributed by atoms with Crippen molar-refractivity contribution in [2.24, 2.45) is 5.92 Å². The molecule has 1 saturated heterocycles. The lowest BCUT2D eigenvalue weighted by molar-refractivity contribution is -0.123. The molecule has 3 heterocycles. The Bertz CT molecular complexity index is 1180. The van der Waals surface area contributed by atoms with Crippen LogP contribution in [0, 0.1) is 19.8 Å². The van der Waals surface area contributed by atoms with E-state index in [0.29, 0.717) is 36.7 Å². The summed E-state index contributed by atoms with van der Waals surface area (Å²) in [6, 6.07) is 9.27. The lowest BCUT2D eigenvalue weighted by atomic mass is 9.98. The van der Waals surface area contributed by atoms with Crippen molar-refractivity contribution in [3.8, 4) is 11.4 Å². The van der Waals surface area contributed by atoms with E-state index >= 15 is 0 Å². The number of thiophene rings is 1. The SMILES string of the molecule is Cc1ccc(N(C)C(=O)[C@@H]2CCCN(S(=O)(=O)c3cc(-c4noc(C)n4)cs3)C2)cc1. The molecule has 0 unspecified atom stereocenters. The Kier molecular flexibility index (Phi) is 5.96. The van der Waals surface area contributed by atoms with Gasteiger partial charge in [0.15, 0.2) is 0 Å². The van der Waals surface area contributed by atoms with Gasteiger partial charge >= 0.3 is 0 Å². The molecular formula is C21H24N4O4S2. The Morgan fingerprint density at radius 2 is 2.00 bits per heavy atom. The van der Waals surface area contributed by atoms with E-state index in [4.69, 9.17) is 4.52 Å². The minimum absolute atomic E-state index is 0.0714. The van der Waals surface area contributed by atoms with Crippen molar-refractivity contribution in [1.29, 1.82) is 0 Å². The Labute approximate surface area is 185 Å². The Balaban J connectivity index is 1.50. The first-order valence-electron chi connectivity index (χ1n) is 9.99. The van der Waals surface area contributed by atoms with Gasteiger partial charge in [0.25, 0.3) is 10.0 Å². The maximum Gasteiger partial charge on any atom is 0.252 e. The van der Waals surface area contributed by atoms with Gasteiger partial charge in [-0.15, -0.1) is 11.3 Å². The first kappa shape index (κ1) is 21.7. The zero-order valence-electron chi connectivity index (χ0n) is 17.6. The van der Waals surface area contributed by atoms with Gasteiger partial charge < -0.3 is 9.42 Å². The third-order valence-corrected chi connectivity index (χ3v) is 8.72. The molecule has 0 aliphatic carbocycles. The predicted octanol–water partition coefficient (Wildman–Crippen LogP) is 3.48. The third kappa shape index (κ3) is 4.41. The van der Waals surface area contributed by atoms with E-state index in [2.05, 4.69) is 10.1 Å². The van der Waals surface area contributed by atoms with Gasteiger partial charge in [-0.05, 0) is 38.0 Å². The van der Waals surface area contributed by atoms with Crippen molar-refractivity contribution < 1.29 is 17.7 Å². The molecule has 0 saturated carbocycles. The summed E-state index contributed by atoms with van der Waals surface area (Å²) in [6.45, 7) is 4.24. The fraction of sp³-hybridized carbons (Fsp3) is 0.381. The van der Waals surface area contributed by atoms with E-state index in [1.54, 1.807) is 30.3 Å². The number of hydrogen-bond donors (Lipinski definition) is 0. The summed E-state index contributed by atoms with van der Waals surface area (Å²) in [6.07, 6.45) is 1.30. The summed E-state index contributed by atoms with van der Waals surface area (Å²) in [5.41, 5.74) is 2.52. The molecule has 0 radical (unpaired) electrons. The van der Waals surface area contributed by atoms with Gasteiger partial charge in [-0.25, -0.2) is 8.42 Å². The second-order valence-corrected chi connectivity index (χ2v) is 10.8. The molecule has 1 aliphatic rings. The van der Waals surface area contributed by atoms with Gasteiger partial charge in [-0.1, -0.05) is 22.9 Å². The fourth-order valence-corrected chi connectivity index (χ4v) is 6.48. The van der Waals surface area contributed by atoms with Crippen LogP contribution < -0.4 is 4.90 Å². The van der Waals surface area contributed by atoms with Crippen LogP contribution in [-0.4, -0.2) is 48.9 Å². The van der Waals surface area contributed by atoms with Crippen LogP contribution in [0.3, 0.4) is 0 Å². The van der Waals surface area contributed by atoms with Crippen molar-refractivity contribution in [2.45, 2.75) is 30.9 Å². The van der Waals surface area contributed by atoms with Crippen molar-refractivity contribution >= 4 is 33.0 Å². The molecule has 1 atom stereocenters. The highest BCUT2D eigenvalue weighted by Gasteiger charge is 2.35. The standard InChI is InChI=1S/C21H24N4O4S2/c1-14-6-8-18(9-7-14)24(3)21(26)16-5-4-10-25(12-16)31(27,28)19-11-17(13-30-19)20-22-15(2)29-23-20/h6-9,11,13,16H,4-5,10,12H2,1-3H3/t16-/m1/s1. The second kappa shape index (κ2) is 8.52. The van der Waals surface area contributed by atoms with E-state index < -0.39 is 10.0 Å². The number of rotatable bonds is 5. The van der Waals surface area contributed by atoms with Crippen LogP contribution in [0.4, 0.5) is 5.69 Å². The summed E-state index contributed by atoms with van der Waals surface area (Å²) in [5, 5.41) is 5.55. The predicted molar refractivity (Wildman–Crippen MR) is 118 cm³/mol. The van der Waals surface area contributed by atoms with Crippen LogP contribution in [0.15, 0.2) is 44.4 Å². The Hall–Kier alpha value is -2.56. The lowest BCUT2D eigenvalue weighted by Gasteiger charge is -2.33. The minimum atomic E-state index is -3.71. The molecule has 1 amide bonds. The largest absolute Gasteiger partial charge is 0.339 e. The smallest absolute Gasteiger partial charge is 0.252 e. The highest BCUT2D eigenvalue weighted by atomic mass is 32.2. The minimum Gasteiger partial charge on any atom is -0.339 e. The molecule has 0 bridgehead atoms. The van der Waals surface area contributed by atoms with Gasteiger partial charge in [0.05, 0.1) is 5.92 Å². The Morgan fingerprint density at radius 3 is 2.68 bits per heavy atom. The molecule has 8 nitrogen and oxygen atoms in total. The first-order valence-corrected chi connectivity index (χ1v) is 12.3. The van der Waals surface area contributed by atoms with Gasteiger partial charge in [0.2, 0.25) is 17.6 Å². The summed E-state index contributed by atoms with van der Waals surface area (Å²) in [5.74, 6) is 0.328. The molecule has 1 aromatic carbocycles. The molecule has 0 N–H and O–H groups in total. The molecule has 10 heteroatoms. The number of sulfonamides is 1. The second-order valence-electron chi connectivity index (χ2n) is 7.73. The van der Waals surface area contributed by atoms with Crippen LogP contribution in [0.5, 0.6) is 0 Å². The molecule has 3 aromatic rings. The monoisotopic (exact) mass is 460 g/mol. The third-order valence-electron chi connectivity index (χ3n) is 5.44. The van der Waals surface area contributed by atoms with E-state index in [9.17, 15) is 13.2 Å². The van der Waals surface area contributed by atoms with Crippen molar-refractivity contribution in [2.75, 3.05) is 25.0 Å². The molecule has 1 aliphatic heterocycles. The number of carbonyl (C=O) groups excluding carboxylic acids is 1. The molecule has 164 valence electrons. The number of hydrogen-bond acceptors (Lipinski definition) is 7. The van der Waals surface area contributed by atoms with Gasteiger partial charge in [0.1, 0.15) is 4.21 Å². The summed E-state index contributed by atoms with van der Waals surface area (Å²) in [7, 11) is -1.97. The van der Waals surface area contributed by atoms with Crippen LogP contribution in [0.2, 0.25) is 0 Å². The molecule has 0 spiro atoms. The van der Waals surface area contributed by atoms with E-state index in [-0.39, 0.29) is 22.6 Å². The summed E-state index contributed by atoms with van der Waals surface area (Å²) >= 11 is 1.12. The fourth-order valence-electron chi connectivity index (χ4n) is 3.64. The summed E-state index contributed by atoms with van der Waals surface area (Å²) < 4.78 is 33.1. The van der Waals surface area contributed by atoms with Crippen LogP contribution in [0.25, 0.3) is 11.4 Å². The van der Waals surface area contributed by atoms with E-state index in [1.807, 2.05) is 31.2 Å². The van der Waals surface area contributed by atoms with Crippen LogP contribution in [-0.2, 0) is 14.8 Å². The number of anilines is 1. The molecule has 2 aromatic heterocycles. The van der Waals surface area contributed by atoms with Crippen molar-refractivity contribution in [3.05, 3.63) is 47.2 Å². The summed E-state index contributed by atoms with van der Waals surface area (Å²) in [4.78, 5) is 18.8. The van der Waals surface area contributed by atoms with Crippen molar-refractivity contribution in [1.82, 2.24) is 14.4 Å². The number of piperidine rings is 1. The number of carbonyl (C=O) groups is 1. The van der Waals surface area contributed by atoms with Crippen LogP contribution in [0.1, 0.15) is 24.3 Å². The lowest BCUT2D eigenvalue weighted by Crippen LogP contribution is -2.45. The van der Waals surface area contributed by atoms with Gasteiger partial charge in [0, 0.05) is 43.7 Å². The maximum atomic E-state index is 13.2. The number of benzene rings is 1. The van der Waals surface area contributed by atoms with Gasteiger partial charge in [-0.2, -0.15) is 9.29 Å². The quantitative estimate of drug-likeness (QED) is 0.578. The highest BCUT2D eigenvalue weighted by Crippen LogP contribution is 2.32. The number of amides is 1. The number of nitrogens with zero attached hydrogens (tertiary/aromatic N) is 4. The molecule has 31 heavy (non-hydrogen) atoms. The average Bonchev–Trinajstić information content (AvgIpc) is 3.43. The molecular weight excluding hydrogens is 436 g/mol. The van der Waals surface area contributed by atoms with E-state index in [1.165, 1.54) is 4.31 Å². The number of aryl methyl sites for hydroxylation is 2. The highest BCUT2D eigenvalue weighted by molar-refractivity contribution is 7.91. The average molecular weight is 461 g/mol.